The van der Waals surface area contributed by atoms with Gasteiger partial charge in [-0.05, 0) is 55.7 Å². The van der Waals surface area contributed by atoms with Crippen LogP contribution < -0.4 is 10.6 Å². The van der Waals surface area contributed by atoms with Crippen molar-refractivity contribution in [2.45, 2.75) is 38.3 Å². The zero-order valence-electron chi connectivity index (χ0n) is 15.8. The molecule has 0 amide bonds. The smallest absolute Gasteiger partial charge is 0.190 e. The number of nitrogens with one attached hydrogen (secondary N) is 2. The molecule has 1 atom stereocenters. The van der Waals surface area contributed by atoms with Crippen molar-refractivity contribution in [3.05, 3.63) is 36.5 Å². The van der Waals surface area contributed by atoms with Crippen molar-refractivity contribution in [2.24, 2.45) is 10.9 Å². The molecule has 5 heteroatoms. The van der Waals surface area contributed by atoms with Crippen LogP contribution in [0.25, 0.3) is 10.9 Å². The molecule has 2 aliphatic rings. The molecule has 1 aromatic carbocycles. The lowest BCUT2D eigenvalue weighted by Crippen LogP contribution is -2.40. The van der Waals surface area contributed by atoms with Crippen molar-refractivity contribution in [3.63, 3.8) is 0 Å². The molecule has 2 heterocycles. The van der Waals surface area contributed by atoms with Crippen molar-refractivity contribution in [3.8, 4) is 0 Å². The van der Waals surface area contributed by atoms with E-state index in [0.29, 0.717) is 0 Å². The lowest BCUT2D eigenvalue weighted by atomic mass is 10.1. The predicted octanol–water partition coefficient (Wildman–Crippen LogP) is 2.68. The molecule has 1 aromatic heterocycles. The van der Waals surface area contributed by atoms with Gasteiger partial charge in [0.1, 0.15) is 0 Å². The molecular weight excluding hydrogens is 322 g/mol. The number of benzene rings is 1. The number of aryl methyl sites for hydroxylation is 1. The van der Waals surface area contributed by atoms with Crippen LogP contribution >= 0.6 is 0 Å². The maximum Gasteiger partial charge on any atom is 0.190 e. The summed E-state index contributed by atoms with van der Waals surface area (Å²) in [5, 5.41) is 8.30. The molecule has 26 heavy (non-hydrogen) atoms. The molecule has 1 aliphatic carbocycles. The third-order valence-electron chi connectivity index (χ3n) is 5.71. The summed E-state index contributed by atoms with van der Waals surface area (Å²) in [6.07, 6.45) is 7.42. The maximum absolute atomic E-state index is 4.37. The zero-order valence-corrected chi connectivity index (χ0v) is 15.8. The highest BCUT2D eigenvalue weighted by Crippen LogP contribution is 2.31. The Hall–Kier alpha value is -2.01. The first-order valence-corrected chi connectivity index (χ1v) is 10.1. The van der Waals surface area contributed by atoms with Crippen molar-refractivity contribution < 1.29 is 0 Å². The van der Waals surface area contributed by atoms with Crippen LogP contribution in [0.5, 0.6) is 0 Å². The van der Waals surface area contributed by atoms with Gasteiger partial charge in [0.25, 0.3) is 0 Å². The van der Waals surface area contributed by atoms with E-state index in [1.807, 2.05) is 7.05 Å². The second-order valence-corrected chi connectivity index (χ2v) is 7.68. The van der Waals surface area contributed by atoms with E-state index in [1.54, 1.807) is 0 Å². The lowest BCUT2D eigenvalue weighted by molar-refractivity contribution is 0.314. The number of hydrogen-bond donors (Lipinski definition) is 2. The van der Waals surface area contributed by atoms with Crippen LogP contribution in [-0.2, 0) is 6.54 Å². The molecule has 0 bridgehead atoms. The Labute approximate surface area is 156 Å². The van der Waals surface area contributed by atoms with Gasteiger partial charge in [-0.1, -0.05) is 18.2 Å². The minimum atomic E-state index is 0.764. The number of para-hydroxylation sites is 1. The fourth-order valence-corrected chi connectivity index (χ4v) is 4.05. The fraction of sp³-hybridized carbons (Fsp3) is 0.571. The molecule has 2 aromatic rings. The third-order valence-corrected chi connectivity index (χ3v) is 5.71. The monoisotopic (exact) mass is 353 g/mol. The largest absolute Gasteiger partial charge is 0.356 e. The highest BCUT2D eigenvalue weighted by atomic mass is 15.2. The summed E-state index contributed by atoms with van der Waals surface area (Å²) in [5.41, 5.74) is 1.32. The second kappa shape index (κ2) is 8.12. The number of nitrogens with zero attached hydrogens (tertiary/aromatic N) is 3. The average Bonchev–Trinajstić information content (AvgIpc) is 3.28. The van der Waals surface area contributed by atoms with E-state index in [9.17, 15) is 0 Å². The molecule has 1 unspecified atom stereocenters. The van der Waals surface area contributed by atoms with E-state index in [1.165, 1.54) is 43.3 Å². The molecule has 2 N–H and O–H groups in total. The number of hydrogen-bond acceptors (Lipinski definition) is 2. The number of rotatable bonds is 7. The van der Waals surface area contributed by atoms with Gasteiger partial charge < -0.3 is 20.1 Å². The van der Waals surface area contributed by atoms with Gasteiger partial charge in [0.05, 0.1) is 0 Å². The molecule has 0 spiro atoms. The van der Waals surface area contributed by atoms with E-state index in [-0.39, 0.29) is 0 Å². The number of aromatic nitrogens is 1. The molecule has 140 valence electrons. The summed E-state index contributed by atoms with van der Waals surface area (Å²) in [6, 6.07) is 11.7. The topological polar surface area (TPSA) is 44.6 Å². The number of likely N-dealkylation sites (tertiary alicyclic amines) is 1. The highest BCUT2D eigenvalue weighted by Gasteiger charge is 2.34. The molecule has 5 nitrogen and oxygen atoms in total. The van der Waals surface area contributed by atoms with Gasteiger partial charge in [-0.25, -0.2) is 0 Å². The van der Waals surface area contributed by atoms with Gasteiger partial charge in [-0.3, -0.25) is 4.99 Å². The van der Waals surface area contributed by atoms with Crippen LogP contribution in [0.2, 0.25) is 0 Å². The molecule has 2 fully saturated rings. The van der Waals surface area contributed by atoms with Gasteiger partial charge >= 0.3 is 0 Å². The second-order valence-electron chi connectivity index (χ2n) is 7.68. The molecule has 1 saturated heterocycles. The first kappa shape index (κ1) is 17.4. The molecule has 4 rings (SSSR count). The first-order chi connectivity index (χ1) is 12.8. The Kier molecular flexibility index (Phi) is 5.44. The van der Waals surface area contributed by atoms with E-state index in [4.69, 9.17) is 0 Å². The van der Waals surface area contributed by atoms with E-state index in [2.05, 4.69) is 61.6 Å². The average molecular weight is 354 g/mol. The summed E-state index contributed by atoms with van der Waals surface area (Å²) in [5.74, 6) is 1.70. The Morgan fingerprint density at radius 3 is 2.88 bits per heavy atom. The van der Waals surface area contributed by atoms with E-state index >= 15 is 0 Å². The quantitative estimate of drug-likeness (QED) is 0.457. The zero-order chi connectivity index (χ0) is 17.8. The van der Waals surface area contributed by atoms with Gasteiger partial charge in [-0.2, -0.15) is 0 Å². The number of aliphatic imine (C=N–C) groups is 1. The Balaban J connectivity index is 1.16. The summed E-state index contributed by atoms with van der Waals surface area (Å²) in [6.45, 7) is 5.54. The van der Waals surface area contributed by atoms with E-state index < -0.39 is 0 Å². The van der Waals surface area contributed by atoms with Crippen LogP contribution in [0.15, 0.2) is 41.5 Å². The molecule has 0 radical (unpaired) electrons. The van der Waals surface area contributed by atoms with Crippen molar-refractivity contribution in [1.29, 1.82) is 0 Å². The highest BCUT2D eigenvalue weighted by molar-refractivity contribution is 5.80. The minimum absolute atomic E-state index is 0.764. The van der Waals surface area contributed by atoms with Gasteiger partial charge in [0, 0.05) is 51.0 Å². The number of guanidine groups is 1. The summed E-state index contributed by atoms with van der Waals surface area (Å²) in [4.78, 5) is 7.04. The third kappa shape index (κ3) is 4.21. The van der Waals surface area contributed by atoms with Gasteiger partial charge in [0.2, 0.25) is 0 Å². The Morgan fingerprint density at radius 2 is 2.04 bits per heavy atom. The number of fused-ring (bicyclic) bond motifs is 1. The van der Waals surface area contributed by atoms with Crippen LogP contribution in [0.1, 0.15) is 25.7 Å². The SMILES string of the molecule is CN=C(NCCCn1ccc2ccccc21)NCC1CCN(C2CC2)C1. The van der Waals surface area contributed by atoms with Crippen LogP contribution in [0.4, 0.5) is 0 Å². The maximum atomic E-state index is 4.37. The van der Waals surface area contributed by atoms with E-state index in [0.717, 1.165) is 44.0 Å². The van der Waals surface area contributed by atoms with Crippen molar-refractivity contribution >= 4 is 16.9 Å². The first-order valence-electron chi connectivity index (χ1n) is 10.1. The molecule has 1 saturated carbocycles. The van der Waals surface area contributed by atoms with Gasteiger partial charge in [-0.15, -0.1) is 0 Å². The standard InChI is InChI=1S/C21H31N5/c1-22-21(24-15-17-9-13-26(16-17)19-7-8-19)23-11-4-12-25-14-10-18-5-2-3-6-20(18)25/h2-3,5-6,10,14,17,19H,4,7-9,11-13,15-16H2,1H3,(H2,22,23,24). The Bertz CT molecular complexity index is 746. The summed E-state index contributed by atoms with van der Waals surface area (Å²) in [7, 11) is 1.86. The Morgan fingerprint density at radius 1 is 1.15 bits per heavy atom. The molecular formula is C21H31N5. The van der Waals surface area contributed by atoms with Crippen LogP contribution in [0, 0.1) is 5.92 Å². The van der Waals surface area contributed by atoms with Crippen molar-refractivity contribution in [1.82, 2.24) is 20.1 Å². The van der Waals surface area contributed by atoms with Gasteiger partial charge in [0.15, 0.2) is 5.96 Å². The lowest BCUT2D eigenvalue weighted by Gasteiger charge is -2.17. The summed E-state index contributed by atoms with van der Waals surface area (Å²) < 4.78 is 2.33. The predicted molar refractivity (Wildman–Crippen MR) is 109 cm³/mol. The van der Waals surface area contributed by atoms with Crippen LogP contribution in [0.3, 0.4) is 0 Å². The fourth-order valence-electron chi connectivity index (χ4n) is 4.05. The van der Waals surface area contributed by atoms with Crippen molar-refractivity contribution in [2.75, 3.05) is 33.2 Å². The molecule has 1 aliphatic heterocycles. The normalized spacial score (nSPS) is 21.4. The van der Waals surface area contributed by atoms with Crippen LogP contribution in [-0.4, -0.2) is 54.7 Å². The summed E-state index contributed by atoms with van der Waals surface area (Å²) >= 11 is 0. The minimum Gasteiger partial charge on any atom is -0.356 e.